The number of amides is 1. The summed E-state index contributed by atoms with van der Waals surface area (Å²) in [5.41, 5.74) is 8.37. The first-order valence-electron chi connectivity index (χ1n) is 9.33. The summed E-state index contributed by atoms with van der Waals surface area (Å²) in [6.45, 7) is 3.91. The smallest absolute Gasteiger partial charge is 0.244 e. The highest BCUT2D eigenvalue weighted by atomic mass is 35.5. The summed E-state index contributed by atoms with van der Waals surface area (Å²) >= 11 is 0. The molecule has 1 atom stereocenters. The van der Waals surface area contributed by atoms with Gasteiger partial charge in [-0.05, 0) is 55.7 Å². The van der Waals surface area contributed by atoms with Gasteiger partial charge in [0.2, 0.25) is 5.91 Å². The zero-order valence-corrected chi connectivity index (χ0v) is 17.7. The lowest BCUT2D eigenvalue weighted by molar-refractivity contribution is -0.118. The first-order chi connectivity index (χ1) is 12.8. The summed E-state index contributed by atoms with van der Waals surface area (Å²) in [5.74, 6) is -0.419. The standard InChI is InChI=1S/C21H24FN2O2P.ClH/c1-27(2,26)18-6-4-3-5-14(18)15-9-10-17(20(22)19(15)13-7-8-13)24-12-11-16(23)21(24)25;/h3-6,9-10,13,16H,7-8,11-12,23H2,1-2H3;1H. The quantitative estimate of drug-likeness (QED) is 0.754. The molecule has 0 bridgehead atoms. The maximum Gasteiger partial charge on any atom is 0.244 e. The molecule has 1 aliphatic carbocycles. The molecular formula is C21H25ClFN2O2P. The number of carbonyl (C=O) groups excluding carboxylic acids is 1. The largest absolute Gasteiger partial charge is 0.320 e. The lowest BCUT2D eigenvalue weighted by atomic mass is 9.95. The van der Waals surface area contributed by atoms with Gasteiger partial charge in [-0.1, -0.05) is 30.3 Å². The first-order valence-corrected chi connectivity index (χ1v) is 11.9. The third kappa shape index (κ3) is 3.63. The van der Waals surface area contributed by atoms with Gasteiger partial charge in [0.1, 0.15) is 7.14 Å². The molecule has 7 heteroatoms. The van der Waals surface area contributed by atoms with Crippen LogP contribution in [-0.4, -0.2) is 31.8 Å². The summed E-state index contributed by atoms with van der Waals surface area (Å²) in [5, 5.41) is 0.762. The number of carbonyl (C=O) groups is 1. The number of halogens is 2. The summed E-state index contributed by atoms with van der Waals surface area (Å²) in [7, 11) is -2.52. The van der Waals surface area contributed by atoms with E-state index in [1.165, 1.54) is 4.90 Å². The Labute approximate surface area is 171 Å². The van der Waals surface area contributed by atoms with Crippen LogP contribution in [-0.2, 0) is 9.36 Å². The lowest BCUT2D eigenvalue weighted by Gasteiger charge is -2.22. The molecule has 150 valence electrons. The van der Waals surface area contributed by atoms with Crippen LogP contribution in [0.3, 0.4) is 0 Å². The highest BCUT2D eigenvalue weighted by Crippen LogP contribution is 2.49. The normalized spacial score (nSPS) is 19.6. The molecule has 4 nitrogen and oxygen atoms in total. The molecule has 0 radical (unpaired) electrons. The van der Waals surface area contributed by atoms with E-state index in [2.05, 4.69) is 0 Å². The Balaban J connectivity index is 0.00000225. The molecule has 0 spiro atoms. The van der Waals surface area contributed by atoms with E-state index in [9.17, 15) is 9.36 Å². The minimum atomic E-state index is -2.52. The van der Waals surface area contributed by atoms with Gasteiger partial charge < -0.3 is 15.2 Å². The Morgan fingerprint density at radius 2 is 1.75 bits per heavy atom. The molecule has 2 aliphatic rings. The van der Waals surface area contributed by atoms with Crippen LogP contribution in [0.5, 0.6) is 0 Å². The maximum absolute atomic E-state index is 15.6. The summed E-state index contributed by atoms with van der Waals surface area (Å²) in [6, 6.07) is 10.5. The summed E-state index contributed by atoms with van der Waals surface area (Å²) in [6.07, 6.45) is 2.40. The summed E-state index contributed by atoms with van der Waals surface area (Å²) < 4.78 is 28.4. The van der Waals surface area contributed by atoms with Gasteiger partial charge in [-0.25, -0.2) is 4.39 Å². The predicted molar refractivity (Wildman–Crippen MR) is 115 cm³/mol. The molecule has 1 unspecified atom stereocenters. The molecule has 2 aromatic rings. The number of anilines is 1. The number of hydrogen-bond donors (Lipinski definition) is 1. The number of benzene rings is 2. The van der Waals surface area contributed by atoms with E-state index in [4.69, 9.17) is 5.73 Å². The second-order valence-electron chi connectivity index (χ2n) is 7.89. The number of nitrogens with two attached hydrogens (primary N) is 1. The van der Waals surface area contributed by atoms with Gasteiger partial charge >= 0.3 is 0 Å². The average Bonchev–Trinajstić information content (AvgIpc) is 3.41. The summed E-state index contributed by atoms with van der Waals surface area (Å²) in [4.78, 5) is 13.8. The second-order valence-corrected chi connectivity index (χ2v) is 11.1. The van der Waals surface area contributed by atoms with Gasteiger partial charge in [-0.15, -0.1) is 12.4 Å². The second kappa shape index (κ2) is 7.62. The van der Waals surface area contributed by atoms with Gasteiger partial charge in [0.25, 0.3) is 0 Å². The molecular weight excluding hydrogens is 398 g/mol. The zero-order valence-electron chi connectivity index (χ0n) is 16.0. The van der Waals surface area contributed by atoms with E-state index < -0.39 is 13.2 Å². The minimum Gasteiger partial charge on any atom is -0.320 e. The lowest BCUT2D eigenvalue weighted by Crippen LogP contribution is -2.34. The maximum atomic E-state index is 15.6. The fraction of sp³-hybridized carbons (Fsp3) is 0.381. The zero-order chi connectivity index (χ0) is 19.3. The highest BCUT2D eigenvalue weighted by molar-refractivity contribution is 7.70. The van der Waals surface area contributed by atoms with Crippen LogP contribution in [0.2, 0.25) is 0 Å². The van der Waals surface area contributed by atoms with Crippen LogP contribution in [0.4, 0.5) is 10.1 Å². The topological polar surface area (TPSA) is 63.4 Å². The van der Waals surface area contributed by atoms with E-state index in [1.807, 2.05) is 30.3 Å². The Morgan fingerprint density at radius 3 is 2.32 bits per heavy atom. The van der Waals surface area contributed by atoms with Gasteiger partial charge in [-0.3, -0.25) is 4.79 Å². The fourth-order valence-electron chi connectivity index (χ4n) is 3.91. The van der Waals surface area contributed by atoms with Crippen molar-refractivity contribution in [3.63, 3.8) is 0 Å². The third-order valence-electron chi connectivity index (χ3n) is 5.46. The van der Waals surface area contributed by atoms with Crippen molar-refractivity contribution in [2.75, 3.05) is 24.8 Å². The number of rotatable bonds is 4. The number of hydrogen-bond acceptors (Lipinski definition) is 3. The van der Waals surface area contributed by atoms with Crippen LogP contribution < -0.4 is 15.9 Å². The number of nitrogens with zero attached hydrogens (tertiary/aromatic N) is 1. The van der Waals surface area contributed by atoms with Crippen LogP contribution in [0.25, 0.3) is 11.1 Å². The van der Waals surface area contributed by atoms with Crippen LogP contribution in [0, 0.1) is 5.82 Å². The first kappa shape index (κ1) is 21.0. The SMILES string of the molecule is CP(C)(=O)c1ccccc1-c1ccc(N2CCC(N)C2=O)c(F)c1C1CC1.Cl. The van der Waals surface area contributed by atoms with Crippen LogP contribution in [0.15, 0.2) is 36.4 Å². The van der Waals surface area contributed by atoms with Crippen molar-refractivity contribution >= 4 is 36.4 Å². The van der Waals surface area contributed by atoms with Crippen molar-refractivity contribution < 1.29 is 13.8 Å². The Bertz CT molecular complexity index is 971. The molecule has 2 aromatic carbocycles. The van der Waals surface area contributed by atoms with Crippen molar-refractivity contribution in [3.05, 3.63) is 47.8 Å². The van der Waals surface area contributed by atoms with E-state index >= 15 is 4.39 Å². The van der Waals surface area contributed by atoms with Crippen LogP contribution in [0.1, 0.15) is 30.7 Å². The van der Waals surface area contributed by atoms with Crippen molar-refractivity contribution in [1.29, 1.82) is 0 Å². The Kier molecular flexibility index (Phi) is 5.73. The van der Waals surface area contributed by atoms with Crippen molar-refractivity contribution in [1.82, 2.24) is 0 Å². The van der Waals surface area contributed by atoms with E-state index in [-0.39, 0.29) is 30.0 Å². The fourth-order valence-corrected chi connectivity index (χ4v) is 5.13. The Morgan fingerprint density at radius 1 is 1.07 bits per heavy atom. The molecule has 1 heterocycles. The van der Waals surface area contributed by atoms with Gasteiger partial charge in [-0.2, -0.15) is 0 Å². The molecule has 1 saturated heterocycles. The molecule has 2 fully saturated rings. The van der Waals surface area contributed by atoms with Crippen molar-refractivity contribution in [2.24, 2.45) is 5.73 Å². The van der Waals surface area contributed by atoms with Gasteiger partial charge in [0, 0.05) is 17.4 Å². The van der Waals surface area contributed by atoms with Crippen molar-refractivity contribution in [2.45, 2.75) is 31.2 Å². The van der Waals surface area contributed by atoms with E-state index in [0.29, 0.717) is 24.2 Å². The minimum absolute atomic E-state index is 0. The van der Waals surface area contributed by atoms with E-state index in [0.717, 1.165) is 29.3 Å². The molecule has 1 amide bonds. The Hall–Kier alpha value is -1.68. The highest BCUT2D eigenvalue weighted by Gasteiger charge is 2.36. The van der Waals surface area contributed by atoms with Gasteiger partial charge in [0.05, 0.1) is 11.7 Å². The monoisotopic (exact) mass is 422 g/mol. The molecule has 1 saturated carbocycles. The van der Waals surface area contributed by atoms with Crippen molar-refractivity contribution in [3.8, 4) is 11.1 Å². The van der Waals surface area contributed by atoms with Gasteiger partial charge in [0.15, 0.2) is 5.82 Å². The van der Waals surface area contributed by atoms with E-state index in [1.54, 1.807) is 19.4 Å². The van der Waals surface area contributed by atoms with Crippen LogP contribution >= 0.6 is 19.5 Å². The average molecular weight is 423 g/mol. The molecule has 0 aromatic heterocycles. The molecule has 4 rings (SSSR count). The predicted octanol–water partition coefficient (Wildman–Crippen LogP) is 4.10. The molecule has 28 heavy (non-hydrogen) atoms. The third-order valence-corrected chi connectivity index (χ3v) is 7.01. The molecule has 2 N–H and O–H groups in total. The molecule has 1 aliphatic heterocycles.